The van der Waals surface area contributed by atoms with Gasteiger partial charge in [-0.15, -0.1) is 0 Å². The molecule has 0 amide bonds. The van der Waals surface area contributed by atoms with E-state index in [0.29, 0.717) is 6.54 Å². The first-order valence-electron chi connectivity index (χ1n) is 6.11. The Bertz CT molecular complexity index is 489. The average Bonchev–Trinajstić information content (AvgIpc) is 2.39. The molecule has 1 aromatic carbocycles. The summed E-state index contributed by atoms with van der Waals surface area (Å²) in [5.41, 5.74) is 8.64. The molecule has 0 aliphatic rings. The van der Waals surface area contributed by atoms with Gasteiger partial charge in [0.05, 0.1) is 11.8 Å². The van der Waals surface area contributed by atoms with Crippen LogP contribution in [0, 0.1) is 0 Å². The lowest BCUT2D eigenvalue weighted by Crippen LogP contribution is -2.05. The normalized spacial score (nSPS) is 10.7. The molecule has 0 saturated carbocycles. The number of rotatable bonds is 4. The van der Waals surface area contributed by atoms with Crippen molar-refractivity contribution in [3.8, 4) is 16.9 Å². The molecule has 3 nitrogen and oxygen atoms in total. The van der Waals surface area contributed by atoms with Gasteiger partial charge in [0, 0.05) is 18.3 Å². The van der Waals surface area contributed by atoms with Crippen molar-refractivity contribution >= 4 is 0 Å². The van der Waals surface area contributed by atoms with E-state index in [4.69, 9.17) is 10.5 Å². The molecule has 0 bridgehead atoms. The van der Waals surface area contributed by atoms with Crippen LogP contribution in [0.25, 0.3) is 11.1 Å². The van der Waals surface area contributed by atoms with Crippen LogP contribution in [0.1, 0.15) is 19.5 Å². The lowest BCUT2D eigenvalue weighted by molar-refractivity contribution is 0.242. The van der Waals surface area contributed by atoms with Gasteiger partial charge >= 0.3 is 0 Å². The molecule has 0 atom stereocenters. The van der Waals surface area contributed by atoms with Crippen LogP contribution >= 0.6 is 0 Å². The van der Waals surface area contributed by atoms with Gasteiger partial charge in [0.15, 0.2) is 0 Å². The molecule has 0 unspecified atom stereocenters. The zero-order chi connectivity index (χ0) is 13.0. The minimum atomic E-state index is 0.196. The van der Waals surface area contributed by atoms with Gasteiger partial charge < -0.3 is 10.5 Å². The number of nitrogens with zero attached hydrogens (tertiary/aromatic N) is 1. The maximum atomic E-state index is 5.61. The second kappa shape index (κ2) is 5.65. The van der Waals surface area contributed by atoms with Crippen LogP contribution in [0.5, 0.6) is 5.75 Å². The number of aromatic nitrogens is 1. The van der Waals surface area contributed by atoms with E-state index in [1.165, 1.54) is 0 Å². The fourth-order valence-corrected chi connectivity index (χ4v) is 1.71. The predicted octanol–water partition coefficient (Wildman–Crippen LogP) is 2.99. The highest BCUT2D eigenvalue weighted by molar-refractivity contribution is 5.63. The highest BCUT2D eigenvalue weighted by Crippen LogP contribution is 2.22. The third kappa shape index (κ3) is 3.08. The van der Waals surface area contributed by atoms with Crippen LogP contribution in [0.3, 0.4) is 0 Å². The smallest absolute Gasteiger partial charge is 0.119 e. The summed E-state index contributed by atoms with van der Waals surface area (Å²) < 4.78 is 5.61. The van der Waals surface area contributed by atoms with Crippen molar-refractivity contribution in [1.82, 2.24) is 4.98 Å². The van der Waals surface area contributed by atoms with Gasteiger partial charge in [0.2, 0.25) is 0 Å². The number of benzene rings is 1. The molecular weight excluding hydrogens is 224 g/mol. The van der Waals surface area contributed by atoms with Crippen LogP contribution in [0.2, 0.25) is 0 Å². The molecule has 2 N–H and O–H groups in total. The standard InChI is InChI=1S/C15H18N2O/c1-11(2)18-15-7-4-12(5-8-15)13-3-6-14(9-16)17-10-13/h3-8,10-11H,9,16H2,1-2H3. The molecule has 0 fully saturated rings. The molecule has 0 aliphatic heterocycles. The third-order valence-electron chi connectivity index (χ3n) is 2.59. The molecular formula is C15H18N2O. The Morgan fingerprint density at radius 3 is 2.22 bits per heavy atom. The van der Waals surface area contributed by atoms with Gasteiger partial charge in [-0.3, -0.25) is 4.98 Å². The summed E-state index contributed by atoms with van der Waals surface area (Å²) >= 11 is 0. The minimum Gasteiger partial charge on any atom is -0.491 e. The molecule has 0 radical (unpaired) electrons. The van der Waals surface area contributed by atoms with Crippen molar-refractivity contribution in [2.45, 2.75) is 26.5 Å². The van der Waals surface area contributed by atoms with E-state index >= 15 is 0 Å². The molecule has 1 aromatic heterocycles. The van der Waals surface area contributed by atoms with Gasteiger partial charge in [-0.2, -0.15) is 0 Å². The molecule has 0 aliphatic carbocycles. The van der Waals surface area contributed by atoms with Crippen molar-refractivity contribution < 1.29 is 4.74 Å². The van der Waals surface area contributed by atoms with E-state index in [0.717, 1.165) is 22.6 Å². The van der Waals surface area contributed by atoms with Crippen LogP contribution in [-0.2, 0) is 6.54 Å². The SMILES string of the molecule is CC(C)Oc1ccc(-c2ccc(CN)nc2)cc1. The van der Waals surface area contributed by atoms with Crippen molar-refractivity contribution in [3.05, 3.63) is 48.3 Å². The summed E-state index contributed by atoms with van der Waals surface area (Å²) in [5.74, 6) is 0.889. The van der Waals surface area contributed by atoms with Gasteiger partial charge in [-0.1, -0.05) is 18.2 Å². The first kappa shape index (κ1) is 12.6. The molecule has 1 heterocycles. The Morgan fingerprint density at radius 2 is 1.72 bits per heavy atom. The predicted molar refractivity (Wildman–Crippen MR) is 73.3 cm³/mol. The molecule has 94 valence electrons. The topological polar surface area (TPSA) is 48.1 Å². The Morgan fingerprint density at radius 1 is 1.06 bits per heavy atom. The third-order valence-corrected chi connectivity index (χ3v) is 2.59. The molecule has 2 rings (SSSR count). The van der Waals surface area contributed by atoms with Gasteiger partial charge in [0.1, 0.15) is 5.75 Å². The first-order chi connectivity index (χ1) is 8.69. The number of hydrogen-bond acceptors (Lipinski definition) is 3. The lowest BCUT2D eigenvalue weighted by atomic mass is 10.1. The number of nitrogens with two attached hydrogens (primary N) is 1. The molecule has 3 heteroatoms. The van der Waals surface area contributed by atoms with E-state index in [-0.39, 0.29) is 6.10 Å². The summed E-state index contributed by atoms with van der Waals surface area (Å²) in [6.45, 7) is 4.51. The largest absolute Gasteiger partial charge is 0.491 e. The van der Waals surface area contributed by atoms with Crippen molar-refractivity contribution in [2.24, 2.45) is 5.73 Å². The van der Waals surface area contributed by atoms with Crippen LogP contribution in [0.15, 0.2) is 42.6 Å². The minimum absolute atomic E-state index is 0.196. The van der Waals surface area contributed by atoms with Crippen molar-refractivity contribution in [1.29, 1.82) is 0 Å². The van der Waals surface area contributed by atoms with E-state index in [9.17, 15) is 0 Å². The Kier molecular flexibility index (Phi) is 3.95. The van der Waals surface area contributed by atoms with Gasteiger partial charge in [0.25, 0.3) is 0 Å². The second-order valence-corrected chi connectivity index (χ2v) is 4.43. The van der Waals surface area contributed by atoms with Crippen LogP contribution < -0.4 is 10.5 Å². The summed E-state index contributed by atoms with van der Waals surface area (Å²) in [6.07, 6.45) is 2.04. The number of ether oxygens (including phenoxy) is 1. The van der Waals surface area contributed by atoms with Gasteiger partial charge in [-0.25, -0.2) is 0 Å². The summed E-state index contributed by atoms with van der Waals surface area (Å²) in [6, 6.07) is 12.0. The summed E-state index contributed by atoms with van der Waals surface area (Å²) in [5, 5.41) is 0. The molecule has 18 heavy (non-hydrogen) atoms. The monoisotopic (exact) mass is 242 g/mol. The Hall–Kier alpha value is -1.87. The van der Waals surface area contributed by atoms with E-state index < -0.39 is 0 Å². The fourth-order valence-electron chi connectivity index (χ4n) is 1.71. The van der Waals surface area contributed by atoms with Crippen LogP contribution in [-0.4, -0.2) is 11.1 Å². The number of pyridine rings is 1. The first-order valence-corrected chi connectivity index (χ1v) is 6.11. The molecule has 2 aromatic rings. The lowest BCUT2D eigenvalue weighted by Gasteiger charge is -2.10. The van der Waals surface area contributed by atoms with E-state index in [1.807, 2.05) is 56.4 Å². The Labute approximate surface area is 108 Å². The quantitative estimate of drug-likeness (QED) is 0.896. The summed E-state index contributed by atoms with van der Waals surface area (Å²) in [4.78, 5) is 4.29. The zero-order valence-corrected chi connectivity index (χ0v) is 10.8. The highest BCUT2D eigenvalue weighted by Gasteiger charge is 2.01. The molecule has 0 spiro atoms. The fraction of sp³-hybridized carbons (Fsp3) is 0.267. The highest BCUT2D eigenvalue weighted by atomic mass is 16.5. The van der Waals surface area contributed by atoms with E-state index in [1.54, 1.807) is 0 Å². The maximum Gasteiger partial charge on any atom is 0.119 e. The molecule has 0 saturated heterocycles. The zero-order valence-electron chi connectivity index (χ0n) is 10.8. The average molecular weight is 242 g/mol. The summed E-state index contributed by atoms with van der Waals surface area (Å²) in [7, 11) is 0. The Balaban J connectivity index is 2.17. The van der Waals surface area contributed by atoms with Crippen molar-refractivity contribution in [2.75, 3.05) is 0 Å². The second-order valence-electron chi connectivity index (χ2n) is 4.43. The number of hydrogen-bond donors (Lipinski definition) is 1. The van der Waals surface area contributed by atoms with Crippen molar-refractivity contribution in [3.63, 3.8) is 0 Å². The van der Waals surface area contributed by atoms with Crippen LogP contribution in [0.4, 0.5) is 0 Å². The van der Waals surface area contributed by atoms with E-state index in [2.05, 4.69) is 4.98 Å². The van der Waals surface area contributed by atoms with Gasteiger partial charge in [-0.05, 0) is 37.6 Å². The maximum absolute atomic E-state index is 5.61.